The number of hydroxylamine groups is 1. The summed E-state index contributed by atoms with van der Waals surface area (Å²) in [5, 5.41) is 23.3. The van der Waals surface area contributed by atoms with Crippen molar-refractivity contribution in [3.05, 3.63) is 35.3 Å². The molecule has 0 aliphatic rings. The largest absolute Gasteiger partial charge is 0.419 e. The number of carbonyl (C=O) groups excluding carboxylic acids is 1. The predicted octanol–water partition coefficient (Wildman–Crippen LogP) is 0.781. The Hall–Kier alpha value is -2.76. The number of thioether (sulfide) groups is 1. The minimum Gasteiger partial charge on any atom is -0.354 e. The minimum absolute atomic E-state index is 0.00613. The van der Waals surface area contributed by atoms with Crippen LogP contribution in [-0.2, 0) is 21.0 Å². The minimum atomic E-state index is -4.95. The Morgan fingerprint density at radius 3 is 2.65 bits per heavy atom. The van der Waals surface area contributed by atoms with Gasteiger partial charge in [-0.1, -0.05) is 17.8 Å². The maximum absolute atomic E-state index is 14.2. The number of nitrogens with one attached hydrogen (secondary N) is 2. The van der Waals surface area contributed by atoms with E-state index in [1.165, 1.54) is 0 Å². The third-order valence-electron chi connectivity index (χ3n) is 3.30. The number of hydrogen-bond acceptors (Lipinski definition) is 9. The molecule has 0 aliphatic carbocycles. The highest BCUT2D eigenvalue weighted by molar-refractivity contribution is 7.99. The molecule has 1 amide bonds. The molecule has 17 heteroatoms. The van der Waals surface area contributed by atoms with Crippen LogP contribution in [0, 0.1) is 5.82 Å². The highest BCUT2D eigenvalue weighted by Gasteiger charge is 2.35. The normalized spacial score (nSPS) is 12.6. The quantitative estimate of drug-likeness (QED) is 0.105. The van der Waals surface area contributed by atoms with E-state index in [-0.39, 0.29) is 23.0 Å². The van der Waals surface area contributed by atoms with Gasteiger partial charge in [0, 0.05) is 12.3 Å². The lowest BCUT2D eigenvalue weighted by Gasteiger charge is -2.09. The molecule has 0 saturated heterocycles. The van der Waals surface area contributed by atoms with E-state index in [0.29, 0.717) is 6.07 Å². The Bertz CT molecular complexity index is 1070. The molecule has 0 aliphatic heterocycles. The third kappa shape index (κ3) is 7.16. The molecule has 2 rings (SSSR count). The first-order valence-corrected chi connectivity index (χ1v) is 10.7. The van der Waals surface area contributed by atoms with Crippen LogP contribution in [0.5, 0.6) is 0 Å². The predicted molar refractivity (Wildman–Crippen MR) is 98.5 cm³/mol. The fourth-order valence-electron chi connectivity index (χ4n) is 2.07. The van der Waals surface area contributed by atoms with Crippen LogP contribution in [0.15, 0.2) is 32.8 Å². The molecule has 0 radical (unpaired) electrons. The van der Waals surface area contributed by atoms with Gasteiger partial charge >= 0.3 is 6.18 Å². The second kappa shape index (κ2) is 10.0. The highest BCUT2D eigenvalue weighted by Crippen LogP contribution is 2.35. The molecule has 0 fully saturated rings. The van der Waals surface area contributed by atoms with Gasteiger partial charge in [-0.15, -0.1) is 0 Å². The lowest BCUT2D eigenvalue weighted by Crippen LogP contribution is -2.34. The van der Waals surface area contributed by atoms with Gasteiger partial charge in [-0.05, 0) is 22.4 Å². The van der Waals surface area contributed by atoms with E-state index in [1.54, 1.807) is 5.48 Å². The van der Waals surface area contributed by atoms with Crippen molar-refractivity contribution in [1.29, 1.82) is 0 Å². The van der Waals surface area contributed by atoms with E-state index in [2.05, 4.69) is 25.3 Å². The average Bonchev–Trinajstić information content (AvgIpc) is 3.10. The molecule has 1 aromatic heterocycles. The summed E-state index contributed by atoms with van der Waals surface area (Å²) < 4.78 is 78.8. The number of hydrogen-bond donors (Lipinski definition) is 4. The van der Waals surface area contributed by atoms with Gasteiger partial charge in [-0.25, -0.2) is 27.6 Å². The maximum atomic E-state index is 14.2. The molecule has 0 bridgehead atoms. The van der Waals surface area contributed by atoms with E-state index in [4.69, 9.17) is 5.14 Å². The Balaban J connectivity index is 2.13. The number of alkyl halides is 3. The van der Waals surface area contributed by atoms with Gasteiger partial charge in [0.2, 0.25) is 15.9 Å². The van der Waals surface area contributed by atoms with E-state index in [1.807, 2.05) is 0 Å². The van der Waals surface area contributed by atoms with Crippen molar-refractivity contribution in [3.8, 4) is 0 Å². The summed E-state index contributed by atoms with van der Waals surface area (Å²) in [6.45, 7) is -0.0212. The summed E-state index contributed by atoms with van der Waals surface area (Å²) in [6.07, 6.45) is -4.95. The zero-order valence-corrected chi connectivity index (χ0v) is 16.8. The number of benzene rings is 1. The zero-order chi connectivity index (χ0) is 23.2. The van der Waals surface area contributed by atoms with Crippen LogP contribution in [0.3, 0.4) is 0 Å². The van der Waals surface area contributed by atoms with Crippen LogP contribution in [0.4, 0.5) is 23.2 Å². The van der Waals surface area contributed by atoms with E-state index >= 15 is 0 Å². The zero-order valence-electron chi connectivity index (χ0n) is 15.2. The van der Waals surface area contributed by atoms with Crippen LogP contribution in [0.1, 0.15) is 11.3 Å². The molecule has 0 spiro atoms. The van der Waals surface area contributed by atoms with Gasteiger partial charge in [0.1, 0.15) is 11.4 Å². The van der Waals surface area contributed by atoms with Gasteiger partial charge in [-0.2, -0.15) is 13.2 Å². The smallest absolute Gasteiger partial charge is 0.354 e. The number of nitrogens with two attached hydrogens (primary N) is 1. The molecule has 11 nitrogen and oxygen atoms in total. The first-order valence-electron chi connectivity index (χ1n) is 7.99. The van der Waals surface area contributed by atoms with Gasteiger partial charge < -0.3 is 5.32 Å². The second-order valence-electron chi connectivity index (χ2n) is 5.63. The van der Waals surface area contributed by atoms with Crippen molar-refractivity contribution in [1.82, 2.24) is 21.1 Å². The SMILES string of the molecule is NS(=O)(=O)CC(=O)NCCSc1nonc1C(=Nc1cccc(C(F)(F)F)c1F)NO. The molecule has 170 valence electrons. The van der Waals surface area contributed by atoms with Crippen molar-refractivity contribution < 1.29 is 40.6 Å². The van der Waals surface area contributed by atoms with Gasteiger partial charge in [-0.3, -0.25) is 15.5 Å². The summed E-state index contributed by atoms with van der Waals surface area (Å²) in [5.41, 5.74) is -0.943. The highest BCUT2D eigenvalue weighted by atomic mass is 32.2. The standard InChI is InChI=1S/C14H14F4N6O5S2/c15-10-7(14(16,17)18)2-1-3-8(10)21-12(22-26)11-13(24-29-23-11)30-5-4-20-9(25)6-31(19,27)28/h1-3,26H,4-6H2,(H,20,25)(H,21,22)(H2,19,27,28). The molecular weight excluding hydrogens is 472 g/mol. The average molecular weight is 486 g/mol. The summed E-state index contributed by atoms with van der Waals surface area (Å²) in [7, 11) is -3.98. The van der Waals surface area contributed by atoms with Crippen molar-refractivity contribution in [2.45, 2.75) is 11.2 Å². The molecule has 0 saturated carbocycles. The number of aromatic nitrogens is 2. The summed E-state index contributed by atoms with van der Waals surface area (Å²) >= 11 is 0.911. The number of aliphatic imine (C=N–C) groups is 1. The molecule has 0 atom stereocenters. The monoisotopic (exact) mass is 486 g/mol. The third-order valence-corrected chi connectivity index (χ3v) is 4.91. The first kappa shape index (κ1) is 24.5. The number of carbonyl (C=O) groups is 1. The number of sulfonamides is 1. The Labute approximate surface area is 176 Å². The topological polar surface area (TPSA) is 173 Å². The molecule has 31 heavy (non-hydrogen) atoms. The molecule has 1 heterocycles. The molecule has 5 N–H and O–H groups in total. The van der Waals surface area contributed by atoms with Crippen LogP contribution in [-0.4, -0.2) is 53.7 Å². The Morgan fingerprint density at radius 1 is 1.32 bits per heavy atom. The Morgan fingerprint density at radius 2 is 2.03 bits per heavy atom. The number of nitrogens with zero attached hydrogens (tertiary/aromatic N) is 3. The summed E-state index contributed by atoms with van der Waals surface area (Å²) in [6, 6.07) is 2.41. The number of amides is 1. The number of halogens is 4. The van der Waals surface area contributed by atoms with Gasteiger partial charge in [0.25, 0.3) is 0 Å². The van der Waals surface area contributed by atoms with Crippen molar-refractivity contribution >= 4 is 39.2 Å². The van der Waals surface area contributed by atoms with E-state index in [0.717, 1.165) is 23.9 Å². The fourth-order valence-corrected chi connectivity index (χ4v) is 3.29. The fraction of sp³-hybridized carbons (Fsp3) is 0.286. The number of amidine groups is 1. The second-order valence-corrected chi connectivity index (χ2v) is 8.33. The van der Waals surface area contributed by atoms with E-state index in [9.17, 15) is 36.0 Å². The maximum Gasteiger partial charge on any atom is 0.419 e. The number of rotatable bonds is 8. The molecular formula is C14H14F4N6O5S2. The van der Waals surface area contributed by atoms with Gasteiger partial charge in [0.05, 0.1) is 5.56 Å². The first-order chi connectivity index (χ1) is 14.4. The summed E-state index contributed by atoms with van der Waals surface area (Å²) in [4.78, 5) is 15.0. The molecule has 0 unspecified atom stereocenters. The molecule has 2 aromatic rings. The van der Waals surface area contributed by atoms with E-state index < -0.39 is 50.8 Å². The summed E-state index contributed by atoms with van der Waals surface area (Å²) in [5.74, 6) is -3.83. The van der Waals surface area contributed by atoms with Crippen molar-refractivity contribution in [3.63, 3.8) is 0 Å². The van der Waals surface area contributed by atoms with Gasteiger partial charge in [0.15, 0.2) is 22.4 Å². The lowest BCUT2D eigenvalue weighted by molar-refractivity contribution is -0.139. The van der Waals surface area contributed by atoms with Crippen molar-refractivity contribution in [2.24, 2.45) is 10.1 Å². The molecule has 1 aromatic carbocycles. The number of primary sulfonamides is 1. The van der Waals surface area contributed by atoms with Crippen LogP contribution < -0.4 is 15.9 Å². The van der Waals surface area contributed by atoms with Crippen LogP contribution in [0.25, 0.3) is 0 Å². The van der Waals surface area contributed by atoms with Crippen molar-refractivity contribution in [2.75, 3.05) is 18.1 Å². The Kier molecular flexibility index (Phi) is 7.93. The lowest BCUT2D eigenvalue weighted by atomic mass is 10.2. The van der Waals surface area contributed by atoms with Crippen LogP contribution in [0.2, 0.25) is 0 Å². The van der Waals surface area contributed by atoms with Crippen LogP contribution >= 0.6 is 11.8 Å².